The number of hydrogen-bond acceptors (Lipinski definition) is 4. The lowest BCUT2D eigenvalue weighted by molar-refractivity contribution is 0.0672. The van der Waals surface area contributed by atoms with E-state index in [1.165, 1.54) is 20.2 Å². The second-order valence-electron chi connectivity index (χ2n) is 6.07. The normalized spacial score (nSPS) is 12.0. The van der Waals surface area contributed by atoms with Crippen LogP contribution in [0.3, 0.4) is 0 Å². The fourth-order valence-electron chi connectivity index (χ4n) is 2.13. The lowest BCUT2D eigenvalue weighted by Gasteiger charge is -2.25. The van der Waals surface area contributed by atoms with E-state index in [0.717, 1.165) is 4.31 Å². The van der Waals surface area contributed by atoms with Crippen molar-refractivity contribution in [1.29, 1.82) is 0 Å². The van der Waals surface area contributed by atoms with Gasteiger partial charge in [0.2, 0.25) is 10.0 Å². The number of hydrogen-bond donors (Lipinski definition) is 0. The molecule has 1 aromatic carbocycles. The zero-order chi connectivity index (χ0) is 18.5. The summed E-state index contributed by atoms with van der Waals surface area (Å²) < 4.78 is 31.4. The monoisotopic (exact) mass is 420 g/mol. The fourth-order valence-corrected chi connectivity index (χ4v) is 3.98. The summed E-state index contributed by atoms with van der Waals surface area (Å²) in [6, 6.07) is 4.64. The van der Waals surface area contributed by atoms with Crippen LogP contribution in [0.1, 0.15) is 24.2 Å². The molecule has 0 saturated heterocycles. The van der Waals surface area contributed by atoms with E-state index in [1.54, 1.807) is 24.1 Å². The topological polar surface area (TPSA) is 66.9 Å². The Balaban J connectivity index is 3.22. The molecule has 1 amide bonds. The number of rotatable bonds is 8. The molecule has 136 valence electrons. The number of carbonyl (C=O) groups is 1. The molecule has 24 heavy (non-hydrogen) atoms. The molecule has 0 fully saturated rings. The molecule has 6 nitrogen and oxygen atoms in total. The minimum atomic E-state index is -3.64. The maximum Gasteiger partial charge on any atom is 0.253 e. The summed E-state index contributed by atoms with van der Waals surface area (Å²) in [4.78, 5) is 14.6. The first-order chi connectivity index (χ1) is 11.1. The average molecular weight is 421 g/mol. The van der Waals surface area contributed by atoms with Crippen molar-refractivity contribution < 1.29 is 17.9 Å². The Morgan fingerprint density at radius 2 is 1.92 bits per heavy atom. The predicted octanol–water partition coefficient (Wildman–Crippen LogP) is 2.44. The van der Waals surface area contributed by atoms with Crippen LogP contribution in [0.2, 0.25) is 0 Å². The van der Waals surface area contributed by atoms with Gasteiger partial charge >= 0.3 is 0 Å². The zero-order valence-corrected chi connectivity index (χ0v) is 17.1. The van der Waals surface area contributed by atoms with E-state index >= 15 is 0 Å². The van der Waals surface area contributed by atoms with Gasteiger partial charge in [-0.3, -0.25) is 4.79 Å². The number of ether oxygens (including phenoxy) is 1. The van der Waals surface area contributed by atoms with Crippen LogP contribution in [0.25, 0.3) is 0 Å². The lowest BCUT2D eigenvalue weighted by Crippen LogP contribution is -2.37. The van der Waals surface area contributed by atoms with Gasteiger partial charge in [0.25, 0.3) is 5.91 Å². The average Bonchev–Trinajstić information content (AvgIpc) is 2.50. The van der Waals surface area contributed by atoms with Gasteiger partial charge in [0.1, 0.15) is 0 Å². The number of carbonyl (C=O) groups excluding carboxylic acids is 1. The Morgan fingerprint density at radius 3 is 2.42 bits per heavy atom. The van der Waals surface area contributed by atoms with E-state index in [9.17, 15) is 13.2 Å². The maximum absolute atomic E-state index is 12.8. The quantitative estimate of drug-likeness (QED) is 0.647. The van der Waals surface area contributed by atoms with Crippen molar-refractivity contribution in [1.82, 2.24) is 9.21 Å². The third-order valence-electron chi connectivity index (χ3n) is 3.37. The van der Waals surface area contributed by atoms with Gasteiger partial charge in [-0.1, -0.05) is 13.8 Å². The fraction of sp³-hybridized carbons (Fsp3) is 0.562. The first-order valence-electron chi connectivity index (χ1n) is 7.61. The van der Waals surface area contributed by atoms with Crippen LogP contribution in [0.5, 0.6) is 0 Å². The molecule has 0 atom stereocenters. The largest absolute Gasteiger partial charge is 0.383 e. The molecular weight excluding hydrogens is 396 g/mol. The van der Waals surface area contributed by atoms with Crippen LogP contribution < -0.4 is 0 Å². The van der Waals surface area contributed by atoms with Crippen molar-refractivity contribution in [2.45, 2.75) is 18.7 Å². The van der Waals surface area contributed by atoms with Gasteiger partial charge in [-0.2, -0.15) is 0 Å². The van der Waals surface area contributed by atoms with Gasteiger partial charge < -0.3 is 9.64 Å². The lowest BCUT2D eigenvalue weighted by atomic mass is 10.1. The van der Waals surface area contributed by atoms with Crippen molar-refractivity contribution in [3.63, 3.8) is 0 Å². The van der Waals surface area contributed by atoms with Crippen LogP contribution in [-0.2, 0) is 14.8 Å². The highest BCUT2D eigenvalue weighted by Gasteiger charge is 2.24. The molecule has 1 aromatic rings. The molecule has 0 aromatic heterocycles. The van der Waals surface area contributed by atoms with Crippen molar-refractivity contribution in [3.05, 3.63) is 28.2 Å². The molecule has 0 aliphatic carbocycles. The van der Waals surface area contributed by atoms with Crippen molar-refractivity contribution in [2.24, 2.45) is 5.92 Å². The molecule has 0 bridgehead atoms. The standard InChI is InChI=1S/C16H25BrN2O4S/c1-12(2)11-19(8-9-23-5)16(20)13-6-7-14(17)15(10-13)24(21,22)18(3)4/h6-7,10,12H,8-9,11H2,1-5H3. The minimum absolute atomic E-state index is 0.0783. The Morgan fingerprint density at radius 1 is 1.29 bits per heavy atom. The predicted molar refractivity (Wildman–Crippen MR) is 97.6 cm³/mol. The Labute approximate surface area is 153 Å². The van der Waals surface area contributed by atoms with Crippen molar-refractivity contribution in [3.8, 4) is 0 Å². The number of nitrogens with zero attached hydrogens (tertiary/aromatic N) is 2. The van der Waals surface area contributed by atoms with Crippen LogP contribution in [0.4, 0.5) is 0 Å². The minimum Gasteiger partial charge on any atom is -0.383 e. The summed E-state index contributed by atoms with van der Waals surface area (Å²) in [6.07, 6.45) is 0. The number of benzene rings is 1. The van der Waals surface area contributed by atoms with Crippen molar-refractivity contribution >= 4 is 31.9 Å². The third kappa shape index (κ3) is 5.27. The van der Waals surface area contributed by atoms with Crippen molar-refractivity contribution in [2.75, 3.05) is 40.9 Å². The molecule has 0 heterocycles. The van der Waals surface area contributed by atoms with E-state index in [-0.39, 0.29) is 10.8 Å². The molecule has 8 heteroatoms. The van der Waals surface area contributed by atoms with Crippen LogP contribution in [0.15, 0.2) is 27.6 Å². The molecular formula is C16H25BrN2O4S. The van der Waals surface area contributed by atoms with Crippen LogP contribution in [-0.4, -0.2) is 64.4 Å². The van der Waals surface area contributed by atoms with Gasteiger partial charge in [-0.05, 0) is 40.0 Å². The summed E-state index contributed by atoms with van der Waals surface area (Å²) in [5.41, 5.74) is 0.343. The van der Waals surface area contributed by atoms with Gasteiger partial charge in [0, 0.05) is 44.3 Å². The van der Waals surface area contributed by atoms with E-state index in [0.29, 0.717) is 35.7 Å². The Hall–Kier alpha value is -0.960. The second kappa shape index (κ2) is 8.94. The molecule has 0 N–H and O–H groups in total. The summed E-state index contributed by atoms with van der Waals surface area (Å²) >= 11 is 3.25. The number of halogens is 1. The number of sulfonamides is 1. The molecule has 0 spiro atoms. The number of amides is 1. The third-order valence-corrected chi connectivity index (χ3v) is 6.18. The first-order valence-corrected chi connectivity index (χ1v) is 9.84. The van der Waals surface area contributed by atoms with Gasteiger partial charge in [0.15, 0.2) is 0 Å². The summed E-state index contributed by atoms with van der Waals surface area (Å²) in [7, 11) is 0.861. The Kier molecular flexibility index (Phi) is 7.85. The number of methoxy groups -OCH3 is 1. The molecule has 0 radical (unpaired) electrons. The Bertz CT molecular complexity index is 675. The first kappa shape index (κ1) is 21.1. The summed E-state index contributed by atoms with van der Waals surface area (Å²) in [5, 5.41) is 0. The molecule has 0 unspecified atom stereocenters. The maximum atomic E-state index is 12.8. The van der Waals surface area contributed by atoms with Crippen LogP contribution >= 0.6 is 15.9 Å². The SMILES string of the molecule is COCCN(CC(C)C)C(=O)c1ccc(Br)c(S(=O)(=O)N(C)C)c1. The van der Waals surface area contributed by atoms with Crippen LogP contribution in [0, 0.1) is 5.92 Å². The molecule has 0 aliphatic heterocycles. The van der Waals surface area contributed by atoms with Gasteiger partial charge in [0.05, 0.1) is 11.5 Å². The summed E-state index contributed by atoms with van der Waals surface area (Å²) in [6.45, 7) is 5.51. The van der Waals surface area contributed by atoms with Gasteiger partial charge in [-0.15, -0.1) is 0 Å². The van der Waals surface area contributed by atoms with E-state index in [2.05, 4.69) is 15.9 Å². The summed E-state index contributed by atoms with van der Waals surface area (Å²) in [5.74, 6) is 0.0923. The highest BCUT2D eigenvalue weighted by Crippen LogP contribution is 2.26. The van der Waals surface area contributed by atoms with E-state index < -0.39 is 10.0 Å². The van der Waals surface area contributed by atoms with E-state index in [4.69, 9.17) is 4.74 Å². The highest BCUT2D eigenvalue weighted by molar-refractivity contribution is 9.10. The highest BCUT2D eigenvalue weighted by atomic mass is 79.9. The second-order valence-corrected chi connectivity index (χ2v) is 9.05. The van der Waals surface area contributed by atoms with Gasteiger partial charge in [-0.25, -0.2) is 12.7 Å². The smallest absolute Gasteiger partial charge is 0.253 e. The molecule has 1 rings (SSSR count). The molecule has 0 saturated carbocycles. The molecule has 0 aliphatic rings. The van der Waals surface area contributed by atoms with E-state index in [1.807, 2.05) is 13.8 Å². The zero-order valence-electron chi connectivity index (χ0n) is 14.7.